The highest BCUT2D eigenvalue weighted by molar-refractivity contribution is 7.99. The minimum absolute atomic E-state index is 0.0158. The molecule has 5 nitrogen and oxygen atoms in total. The van der Waals surface area contributed by atoms with Gasteiger partial charge in [0.25, 0.3) is 11.7 Å². The van der Waals surface area contributed by atoms with Crippen LogP contribution in [-0.4, -0.2) is 31.4 Å². The van der Waals surface area contributed by atoms with Gasteiger partial charge in [0.2, 0.25) is 0 Å². The van der Waals surface area contributed by atoms with Crippen LogP contribution in [-0.2, 0) is 9.53 Å². The number of benzene rings is 2. The van der Waals surface area contributed by atoms with Crippen LogP contribution in [0.3, 0.4) is 0 Å². The van der Waals surface area contributed by atoms with E-state index in [2.05, 4.69) is 5.32 Å². The van der Waals surface area contributed by atoms with Crippen LogP contribution in [0.5, 0.6) is 5.75 Å². The zero-order chi connectivity index (χ0) is 18.2. The molecule has 0 heterocycles. The maximum atomic E-state index is 12.5. The number of carbonyl (C=O) groups excluding carboxylic acids is 2. The Morgan fingerprint density at radius 1 is 1.12 bits per heavy atom. The van der Waals surface area contributed by atoms with Crippen LogP contribution in [0.1, 0.15) is 10.4 Å². The van der Waals surface area contributed by atoms with Crippen molar-refractivity contribution in [3.05, 3.63) is 54.1 Å². The smallest absolute Gasteiger partial charge is 0.339 e. The average Bonchev–Trinajstić information content (AvgIpc) is 2.60. The number of rotatable bonds is 7. The first-order valence-corrected chi connectivity index (χ1v) is 8.03. The lowest BCUT2D eigenvalue weighted by Crippen LogP contribution is -2.21. The SMILES string of the molecule is COc1ccccc1NC(=O)COC(=O)c1ccccc1SC(F)F. The maximum absolute atomic E-state index is 12.5. The van der Waals surface area contributed by atoms with Gasteiger partial charge in [-0.25, -0.2) is 4.79 Å². The highest BCUT2D eigenvalue weighted by atomic mass is 32.2. The summed E-state index contributed by atoms with van der Waals surface area (Å²) < 4.78 is 35.1. The van der Waals surface area contributed by atoms with E-state index in [1.807, 2.05) is 0 Å². The summed E-state index contributed by atoms with van der Waals surface area (Å²) in [6.07, 6.45) is 0. The minimum atomic E-state index is -2.66. The Balaban J connectivity index is 1.97. The molecule has 0 aliphatic rings. The van der Waals surface area contributed by atoms with Gasteiger partial charge in [-0.2, -0.15) is 8.78 Å². The van der Waals surface area contributed by atoms with E-state index in [1.165, 1.54) is 31.4 Å². The molecule has 0 saturated carbocycles. The fourth-order valence-electron chi connectivity index (χ4n) is 1.98. The van der Waals surface area contributed by atoms with E-state index >= 15 is 0 Å². The normalized spacial score (nSPS) is 10.4. The van der Waals surface area contributed by atoms with E-state index in [1.54, 1.807) is 24.3 Å². The Morgan fingerprint density at radius 2 is 1.80 bits per heavy atom. The summed E-state index contributed by atoms with van der Waals surface area (Å²) in [5.74, 6) is -3.63. The number of ether oxygens (including phenoxy) is 2. The second-order valence-corrected chi connectivity index (χ2v) is 5.73. The zero-order valence-electron chi connectivity index (χ0n) is 13.2. The highest BCUT2D eigenvalue weighted by Crippen LogP contribution is 2.28. The number of para-hydroxylation sites is 2. The number of amides is 1. The molecule has 0 fully saturated rings. The van der Waals surface area contributed by atoms with Gasteiger partial charge in [0.15, 0.2) is 6.61 Å². The molecule has 0 aliphatic carbocycles. The standard InChI is InChI=1S/C17H15F2NO4S/c1-23-13-8-4-3-7-12(13)20-15(21)10-24-16(22)11-6-2-5-9-14(11)25-17(18)19/h2-9,17H,10H2,1H3,(H,20,21). The molecule has 25 heavy (non-hydrogen) atoms. The van der Waals surface area contributed by atoms with Crippen molar-refractivity contribution >= 4 is 29.3 Å². The lowest BCUT2D eigenvalue weighted by Gasteiger charge is -2.11. The van der Waals surface area contributed by atoms with Crippen molar-refractivity contribution in [3.8, 4) is 5.75 Å². The predicted molar refractivity (Wildman–Crippen MR) is 90.2 cm³/mol. The van der Waals surface area contributed by atoms with Gasteiger partial charge >= 0.3 is 5.97 Å². The van der Waals surface area contributed by atoms with Crippen molar-refractivity contribution in [3.63, 3.8) is 0 Å². The second kappa shape index (κ2) is 9.03. The third kappa shape index (κ3) is 5.46. The van der Waals surface area contributed by atoms with Gasteiger partial charge in [0, 0.05) is 4.90 Å². The van der Waals surface area contributed by atoms with Crippen molar-refractivity contribution in [1.29, 1.82) is 0 Å². The molecule has 0 saturated heterocycles. The number of thioether (sulfide) groups is 1. The Labute approximate surface area is 147 Å². The Kier molecular flexibility index (Phi) is 6.76. The molecule has 2 rings (SSSR count). The van der Waals surface area contributed by atoms with E-state index in [0.717, 1.165) is 0 Å². The molecule has 0 radical (unpaired) electrons. The molecule has 0 atom stereocenters. The van der Waals surface area contributed by atoms with Gasteiger partial charge in [-0.3, -0.25) is 4.79 Å². The van der Waals surface area contributed by atoms with Gasteiger partial charge < -0.3 is 14.8 Å². The first-order chi connectivity index (χ1) is 12.0. The lowest BCUT2D eigenvalue weighted by molar-refractivity contribution is -0.119. The first kappa shape index (κ1) is 18.7. The summed E-state index contributed by atoms with van der Waals surface area (Å²) in [6.45, 7) is -0.551. The third-order valence-electron chi connectivity index (χ3n) is 3.04. The molecular formula is C17H15F2NO4S. The number of hydrogen-bond acceptors (Lipinski definition) is 5. The molecule has 8 heteroatoms. The number of alkyl halides is 2. The van der Waals surface area contributed by atoms with Crippen LogP contribution in [0.2, 0.25) is 0 Å². The summed E-state index contributed by atoms with van der Waals surface area (Å²) in [7, 11) is 1.46. The Morgan fingerprint density at radius 3 is 2.52 bits per heavy atom. The van der Waals surface area contributed by atoms with Crippen molar-refractivity contribution in [2.24, 2.45) is 0 Å². The number of halogens is 2. The van der Waals surface area contributed by atoms with E-state index in [9.17, 15) is 18.4 Å². The molecule has 0 unspecified atom stereocenters. The summed E-state index contributed by atoms with van der Waals surface area (Å²) in [5, 5.41) is 2.55. The number of hydrogen-bond donors (Lipinski definition) is 1. The molecule has 0 aliphatic heterocycles. The van der Waals surface area contributed by atoms with E-state index in [-0.39, 0.29) is 22.2 Å². The molecule has 2 aromatic rings. The average molecular weight is 367 g/mol. The monoisotopic (exact) mass is 367 g/mol. The van der Waals surface area contributed by atoms with Crippen LogP contribution in [0.15, 0.2) is 53.4 Å². The van der Waals surface area contributed by atoms with Crippen LogP contribution in [0, 0.1) is 0 Å². The molecule has 2 aromatic carbocycles. The Bertz CT molecular complexity index is 755. The third-order valence-corrected chi connectivity index (χ3v) is 3.83. The van der Waals surface area contributed by atoms with Crippen LogP contribution >= 0.6 is 11.8 Å². The highest BCUT2D eigenvalue weighted by Gasteiger charge is 2.17. The van der Waals surface area contributed by atoms with E-state index < -0.39 is 24.2 Å². The van der Waals surface area contributed by atoms with Crippen LogP contribution in [0.25, 0.3) is 0 Å². The van der Waals surface area contributed by atoms with Crippen molar-refractivity contribution in [1.82, 2.24) is 0 Å². The molecule has 1 N–H and O–H groups in total. The second-order valence-electron chi connectivity index (χ2n) is 4.70. The number of nitrogens with one attached hydrogen (secondary N) is 1. The van der Waals surface area contributed by atoms with Crippen molar-refractivity contribution in [2.75, 3.05) is 19.0 Å². The molecule has 132 valence electrons. The van der Waals surface area contributed by atoms with Gasteiger partial charge in [0.1, 0.15) is 5.75 Å². The summed E-state index contributed by atoms with van der Waals surface area (Å²) >= 11 is 0.244. The summed E-state index contributed by atoms with van der Waals surface area (Å²) in [4.78, 5) is 24.0. The topological polar surface area (TPSA) is 64.6 Å². The maximum Gasteiger partial charge on any atom is 0.339 e. The lowest BCUT2D eigenvalue weighted by atomic mass is 10.2. The zero-order valence-corrected chi connectivity index (χ0v) is 14.0. The molecule has 1 amide bonds. The largest absolute Gasteiger partial charge is 0.495 e. The minimum Gasteiger partial charge on any atom is -0.495 e. The molecule has 0 bridgehead atoms. The van der Waals surface area contributed by atoms with E-state index in [4.69, 9.17) is 9.47 Å². The van der Waals surface area contributed by atoms with Gasteiger partial charge in [-0.05, 0) is 24.3 Å². The molecular weight excluding hydrogens is 352 g/mol. The number of methoxy groups -OCH3 is 1. The molecule has 0 spiro atoms. The number of carbonyl (C=O) groups is 2. The molecule has 0 aromatic heterocycles. The summed E-state index contributed by atoms with van der Waals surface area (Å²) in [5.41, 5.74) is 0.414. The number of anilines is 1. The summed E-state index contributed by atoms with van der Waals surface area (Å²) in [6, 6.07) is 12.6. The quantitative estimate of drug-likeness (QED) is 0.596. The number of esters is 1. The fraction of sp³-hybridized carbons (Fsp3) is 0.176. The van der Waals surface area contributed by atoms with E-state index in [0.29, 0.717) is 11.4 Å². The van der Waals surface area contributed by atoms with Gasteiger partial charge in [0.05, 0.1) is 18.4 Å². The predicted octanol–water partition coefficient (Wildman–Crippen LogP) is 3.81. The van der Waals surface area contributed by atoms with Crippen molar-refractivity contribution in [2.45, 2.75) is 10.7 Å². The fourth-order valence-corrected chi connectivity index (χ4v) is 2.60. The van der Waals surface area contributed by atoms with Gasteiger partial charge in [-0.15, -0.1) is 0 Å². The van der Waals surface area contributed by atoms with Crippen LogP contribution in [0.4, 0.5) is 14.5 Å². The first-order valence-electron chi connectivity index (χ1n) is 7.15. The van der Waals surface area contributed by atoms with Gasteiger partial charge in [-0.1, -0.05) is 36.0 Å². The van der Waals surface area contributed by atoms with Crippen molar-refractivity contribution < 1.29 is 27.8 Å². The Hall–Kier alpha value is -2.61. The van der Waals surface area contributed by atoms with Crippen LogP contribution < -0.4 is 10.1 Å².